The first-order valence-corrected chi connectivity index (χ1v) is 7.71. The molecule has 1 N–H and O–H groups in total. The van der Waals surface area contributed by atoms with Crippen molar-refractivity contribution in [3.63, 3.8) is 0 Å². The molecule has 1 aromatic carbocycles. The fourth-order valence-corrected chi connectivity index (χ4v) is 2.67. The molecular weight excluding hydrogens is 284 g/mol. The van der Waals surface area contributed by atoms with E-state index in [1.807, 2.05) is 30.3 Å². The number of hydrogen-bond acceptors (Lipinski definition) is 4. The van der Waals surface area contributed by atoms with Gasteiger partial charge in [-0.05, 0) is 5.56 Å². The molecule has 0 aliphatic carbocycles. The van der Waals surface area contributed by atoms with E-state index in [1.54, 1.807) is 4.90 Å². The number of nitrogens with zero attached hydrogens (tertiary/aromatic N) is 1. The van der Waals surface area contributed by atoms with Gasteiger partial charge in [0.2, 0.25) is 0 Å². The van der Waals surface area contributed by atoms with Crippen molar-refractivity contribution >= 4 is 6.03 Å². The highest BCUT2D eigenvalue weighted by molar-refractivity contribution is 5.74. The van der Waals surface area contributed by atoms with Gasteiger partial charge in [0, 0.05) is 13.1 Å². The van der Waals surface area contributed by atoms with Crippen molar-refractivity contribution in [1.29, 1.82) is 0 Å². The number of carbonyl (C=O) groups excluding carboxylic acids is 1. The molecule has 120 valence electrons. The lowest BCUT2D eigenvalue weighted by atomic mass is 10.1. The Kier molecular flexibility index (Phi) is 5.26. The molecule has 6 heteroatoms. The molecule has 6 nitrogen and oxygen atoms in total. The highest BCUT2D eigenvalue weighted by Crippen LogP contribution is 2.21. The highest BCUT2D eigenvalue weighted by atomic mass is 16.6. The van der Waals surface area contributed by atoms with E-state index in [0.717, 1.165) is 5.56 Å². The molecule has 2 heterocycles. The summed E-state index contributed by atoms with van der Waals surface area (Å²) in [6.45, 7) is 3.97. The lowest BCUT2D eigenvalue weighted by Crippen LogP contribution is -2.49. The number of hydrogen-bond donors (Lipinski definition) is 1. The average molecular weight is 306 g/mol. The number of morpholine rings is 1. The third-order valence-electron chi connectivity index (χ3n) is 3.89. The molecule has 0 bridgehead atoms. The van der Waals surface area contributed by atoms with Gasteiger partial charge in [-0.2, -0.15) is 0 Å². The van der Waals surface area contributed by atoms with Crippen molar-refractivity contribution in [2.75, 3.05) is 46.1 Å². The second kappa shape index (κ2) is 7.58. The predicted molar refractivity (Wildman–Crippen MR) is 80.7 cm³/mol. The van der Waals surface area contributed by atoms with Gasteiger partial charge >= 0.3 is 6.03 Å². The molecule has 0 radical (unpaired) electrons. The SMILES string of the molecule is O=C(NC[C@@H]1COCCO1)N1CCO[C@@H](c2ccccc2)C1. The average Bonchev–Trinajstić information content (AvgIpc) is 2.61. The monoisotopic (exact) mass is 306 g/mol. The fourth-order valence-electron chi connectivity index (χ4n) is 2.67. The Morgan fingerprint density at radius 2 is 2.05 bits per heavy atom. The van der Waals surface area contributed by atoms with Crippen molar-refractivity contribution in [2.45, 2.75) is 12.2 Å². The third kappa shape index (κ3) is 3.97. The molecule has 0 saturated carbocycles. The maximum absolute atomic E-state index is 12.3. The minimum atomic E-state index is -0.0709. The van der Waals surface area contributed by atoms with Crippen LogP contribution in [0.3, 0.4) is 0 Å². The quantitative estimate of drug-likeness (QED) is 0.911. The van der Waals surface area contributed by atoms with Crippen LogP contribution in [0, 0.1) is 0 Å². The molecule has 2 aliphatic heterocycles. The molecule has 2 amide bonds. The zero-order valence-electron chi connectivity index (χ0n) is 12.6. The van der Waals surface area contributed by atoms with Gasteiger partial charge < -0.3 is 24.4 Å². The van der Waals surface area contributed by atoms with Gasteiger partial charge in [-0.15, -0.1) is 0 Å². The Morgan fingerprint density at radius 3 is 2.82 bits per heavy atom. The van der Waals surface area contributed by atoms with E-state index in [9.17, 15) is 4.79 Å². The number of benzene rings is 1. The topological polar surface area (TPSA) is 60.0 Å². The van der Waals surface area contributed by atoms with Crippen LogP contribution in [-0.2, 0) is 14.2 Å². The Hall–Kier alpha value is -1.63. The van der Waals surface area contributed by atoms with Crippen LogP contribution in [0.4, 0.5) is 4.79 Å². The number of ether oxygens (including phenoxy) is 3. The highest BCUT2D eigenvalue weighted by Gasteiger charge is 2.26. The summed E-state index contributed by atoms with van der Waals surface area (Å²) in [5.74, 6) is 0. The normalized spacial score (nSPS) is 25.7. The maximum atomic E-state index is 12.3. The standard InChI is InChI=1S/C16H22N2O4/c19-16(17-10-14-12-20-8-9-21-14)18-6-7-22-15(11-18)13-4-2-1-3-5-13/h1-5,14-15H,6-12H2,(H,17,19)/t14-,15-/m1/s1. The zero-order chi connectivity index (χ0) is 15.2. The van der Waals surface area contributed by atoms with E-state index in [-0.39, 0.29) is 18.2 Å². The zero-order valence-corrected chi connectivity index (χ0v) is 12.6. The van der Waals surface area contributed by atoms with E-state index in [1.165, 1.54) is 0 Å². The molecule has 0 unspecified atom stereocenters. The van der Waals surface area contributed by atoms with Gasteiger partial charge in [-0.25, -0.2) is 4.79 Å². The number of nitrogens with one attached hydrogen (secondary N) is 1. The van der Waals surface area contributed by atoms with Crippen molar-refractivity contribution < 1.29 is 19.0 Å². The van der Waals surface area contributed by atoms with Crippen LogP contribution in [0.5, 0.6) is 0 Å². The molecule has 2 atom stereocenters. The van der Waals surface area contributed by atoms with Gasteiger partial charge in [0.05, 0.1) is 39.1 Å². The summed E-state index contributed by atoms with van der Waals surface area (Å²) in [5.41, 5.74) is 1.10. The Bertz CT molecular complexity index is 476. The maximum Gasteiger partial charge on any atom is 0.317 e. The number of carbonyl (C=O) groups is 1. The summed E-state index contributed by atoms with van der Waals surface area (Å²) >= 11 is 0. The van der Waals surface area contributed by atoms with Gasteiger partial charge in [0.25, 0.3) is 0 Å². The Labute approximate surface area is 130 Å². The second-order valence-corrected chi connectivity index (χ2v) is 5.47. The third-order valence-corrected chi connectivity index (χ3v) is 3.89. The molecule has 3 rings (SSSR count). The van der Waals surface area contributed by atoms with Crippen LogP contribution < -0.4 is 5.32 Å². The lowest BCUT2D eigenvalue weighted by Gasteiger charge is -2.33. The summed E-state index contributed by atoms with van der Waals surface area (Å²) < 4.78 is 16.6. The molecule has 2 saturated heterocycles. The van der Waals surface area contributed by atoms with Crippen molar-refractivity contribution in [3.8, 4) is 0 Å². The van der Waals surface area contributed by atoms with Gasteiger partial charge in [-0.3, -0.25) is 0 Å². The molecule has 1 aromatic rings. The summed E-state index contributed by atoms with van der Waals surface area (Å²) in [6.07, 6.45) is -0.112. The first-order valence-electron chi connectivity index (χ1n) is 7.71. The largest absolute Gasteiger partial charge is 0.376 e. The molecule has 22 heavy (non-hydrogen) atoms. The second-order valence-electron chi connectivity index (χ2n) is 5.47. The summed E-state index contributed by atoms with van der Waals surface area (Å²) in [5, 5.41) is 2.92. The molecule has 2 aliphatic rings. The van der Waals surface area contributed by atoms with E-state index in [4.69, 9.17) is 14.2 Å². The smallest absolute Gasteiger partial charge is 0.317 e. The first-order chi connectivity index (χ1) is 10.8. The molecule has 0 spiro atoms. The number of urea groups is 1. The Morgan fingerprint density at radius 1 is 1.18 bits per heavy atom. The molecule has 0 aromatic heterocycles. The van der Waals surface area contributed by atoms with Gasteiger partial charge in [0.15, 0.2) is 0 Å². The van der Waals surface area contributed by atoms with Crippen LogP contribution in [0.2, 0.25) is 0 Å². The molecule has 2 fully saturated rings. The number of rotatable bonds is 3. The predicted octanol–water partition coefficient (Wildman–Crippen LogP) is 1.18. The van der Waals surface area contributed by atoms with Crippen LogP contribution in [-0.4, -0.2) is 63.1 Å². The van der Waals surface area contributed by atoms with Crippen molar-refractivity contribution in [2.24, 2.45) is 0 Å². The van der Waals surface area contributed by atoms with Crippen LogP contribution in [0.1, 0.15) is 11.7 Å². The minimum Gasteiger partial charge on any atom is -0.376 e. The van der Waals surface area contributed by atoms with Crippen LogP contribution in [0.25, 0.3) is 0 Å². The van der Waals surface area contributed by atoms with E-state index in [0.29, 0.717) is 46.1 Å². The first kappa shape index (κ1) is 15.3. The lowest BCUT2D eigenvalue weighted by molar-refractivity contribution is -0.0859. The van der Waals surface area contributed by atoms with E-state index >= 15 is 0 Å². The number of amides is 2. The Balaban J connectivity index is 1.49. The van der Waals surface area contributed by atoms with Crippen LogP contribution in [0.15, 0.2) is 30.3 Å². The summed E-state index contributed by atoms with van der Waals surface area (Å²) in [6, 6.07) is 9.93. The summed E-state index contributed by atoms with van der Waals surface area (Å²) in [4.78, 5) is 14.1. The van der Waals surface area contributed by atoms with E-state index in [2.05, 4.69) is 5.32 Å². The van der Waals surface area contributed by atoms with Crippen molar-refractivity contribution in [3.05, 3.63) is 35.9 Å². The minimum absolute atomic E-state index is 0.0522. The van der Waals surface area contributed by atoms with Crippen LogP contribution >= 0.6 is 0 Å². The van der Waals surface area contributed by atoms with Crippen molar-refractivity contribution in [1.82, 2.24) is 10.2 Å². The fraction of sp³-hybridized carbons (Fsp3) is 0.562. The van der Waals surface area contributed by atoms with Gasteiger partial charge in [-0.1, -0.05) is 30.3 Å². The van der Waals surface area contributed by atoms with Gasteiger partial charge in [0.1, 0.15) is 6.10 Å². The summed E-state index contributed by atoms with van der Waals surface area (Å²) in [7, 11) is 0. The van der Waals surface area contributed by atoms with E-state index < -0.39 is 0 Å². The molecular formula is C16H22N2O4.